The lowest BCUT2D eigenvalue weighted by Crippen LogP contribution is -2.13. The van der Waals surface area contributed by atoms with E-state index >= 15 is 0 Å². The van der Waals surface area contributed by atoms with Crippen molar-refractivity contribution >= 4 is 27.1 Å². The molecule has 0 aliphatic carbocycles. The normalized spacial score (nSPS) is 12.0. The van der Waals surface area contributed by atoms with Crippen molar-refractivity contribution in [3.8, 4) is 11.9 Å². The Morgan fingerprint density at radius 2 is 1.96 bits per heavy atom. The molecule has 7 nitrogen and oxygen atoms in total. The van der Waals surface area contributed by atoms with Gasteiger partial charge in [-0.3, -0.25) is 0 Å². The third-order valence-electron chi connectivity index (χ3n) is 4.01. The average molecular weight is 396 g/mol. The molecule has 8 heteroatoms. The van der Waals surface area contributed by atoms with Crippen molar-refractivity contribution in [1.82, 2.24) is 13.9 Å². The van der Waals surface area contributed by atoms with E-state index in [1.807, 2.05) is 26.8 Å². The van der Waals surface area contributed by atoms with Gasteiger partial charge in [-0.1, -0.05) is 31.5 Å². The molecule has 0 amide bonds. The Hall–Kier alpha value is -3.18. The first-order chi connectivity index (χ1) is 13.3. The Kier molecular flexibility index (Phi) is 5.47. The van der Waals surface area contributed by atoms with Gasteiger partial charge in [-0.25, -0.2) is 22.4 Å². The van der Waals surface area contributed by atoms with Crippen LogP contribution in [-0.2, 0) is 10.0 Å². The molecule has 1 aromatic carbocycles. The maximum absolute atomic E-state index is 13.2. The summed E-state index contributed by atoms with van der Waals surface area (Å²) in [6.45, 7) is 6.31. The summed E-state index contributed by atoms with van der Waals surface area (Å²) in [5, 5.41) is 9.34. The van der Waals surface area contributed by atoms with Crippen molar-refractivity contribution < 1.29 is 13.2 Å². The van der Waals surface area contributed by atoms with E-state index in [1.165, 1.54) is 24.7 Å². The van der Waals surface area contributed by atoms with E-state index in [1.54, 1.807) is 24.3 Å². The fourth-order valence-electron chi connectivity index (χ4n) is 2.65. The van der Waals surface area contributed by atoms with E-state index < -0.39 is 10.0 Å². The highest BCUT2D eigenvalue weighted by atomic mass is 32.2. The van der Waals surface area contributed by atoms with Crippen molar-refractivity contribution in [2.45, 2.75) is 25.7 Å². The Bertz CT molecular complexity index is 1170. The van der Waals surface area contributed by atoms with Crippen LogP contribution in [0.25, 0.3) is 17.1 Å². The molecule has 0 radical (unpaired) electrons. The zero-order valence-corrected chi connectivity index (χ0v) is 16.6. The number of aryl methyl sites for hydroxylation is 1. The molecular weight excluding hydrogens is 376 g/mol. The number of hydrogen-bond donors (Lipinski definition) is 0. The van der Waals surface area contributed by atoms with Crippen LogP contribution in [0.4, 0.5) is 0 Å². The molecule has 0 saturated carbocycles. The SMILES string of the molecule is Cc1ccc(S(=O)(=O)n2cc(/C=C\C#N)c3c(OCC(C)C)ncnc32)cc1. The molecule has 0 aliphatic rings. The van der Waals surface area contributed by atoms with Crippen LogP contribution in [0, 0.1) is 24.2 Å². The molecule has 0 atom stereocenters. The van der Waals surface area contributed by atoms with Gasteiger partial charge >= 0.3 is 0 Å². The zero-order valence-electron chi connectivity index (χ0n) is 15.8. The molecule has 28 heavy (non-hydrogen) atoms. The van der Waals surface area contributed by atoms with Crippen LogP contribution >= 0.6 is 0 Å². The van der Waals surface area contributed by atoms with E-state index in [2.05, 4.69) is 9.97 Å². The van der Waals surface area contributed by atoms with E-state index in [0.717, 1.165) is 9.54 Å². The highest BCUT2D eigenvalue weighted by Crippen LogP contribution is 2.31. The number of aromatic nitrogens is 3. The van der Waals surface area contributed by atoms with Crippen molar-refractivity contribution in [2.24, 2.45) is 5.92 Å². The van der Waals surface area contributed by atoms with Crippen molar-refractivity contribution in [3.63, 3.8) is 0 Å². The van der Waals surface area contributed by atoms with Gasteiger partial charge in [0, 0.05) is 17.8 Å². The topological polar surface area (TPSA) is 97.9 Å². The lowest BCUT2D eigenvalue weighted by atomic mass is 10.2. The number of nitriles is 1. The Labute approximate surface area is 164 Å². The standard InChI is InChI=1S/C20H20N4O3S/c1-14(2)12-27-20-18-16(5-4-10-21)11-24(19(18)22-13-23-20)28(25,26)17-8-6-15(3)7-9-17/h4-9,11,13-14H,12H2,1-3H3/b5-4-. The minimum absolute atomic E-state index is 0.147. The van der Waals surface area contributed by atoms with Crippen LogP contribution in [0.1, 0.15) is 25.0 Å². The number of fused-ring (bicyclic) bond motifs is 1. The molecule has 2 aromatic heterocycles. The molecule has 0 bridgehead atoms. The zero-order chi connectivity index (χ0) is 20.3. The van der Waals surface area contributed by atoms with Crippen molar-refractivity contribution in [1.29, 1.82) is 5.26 Å². The predicted molar refractivity (Wildman–Crippen MR) is 106 cm³/mol. The summed E-state index contributed by atoms with van der Waals surface area (Å²) < 4.78 is 33.3. The fourth-order valence-corrected chi connectivity index (χ4v) is 3.97. The van der Waals surface area contributed by atoms with Gasteiger partial charge in [-0.05, 0) is 31.1 Å². The number of hydrogen-bond acceptors (Lipinski definition) is 6. The summed E-state index contributed by atoms with van der Waals surface area (Å²) in [5.74, 6) is 0.552. The summed E-state index contributed by atoms with van der Waals surface area (Å²) in [6.07, 6.45) is 5.51. The molecule has 2 heterocycles. The van der Waals surface area contributed by atoms with E-state index in [4.69, 9.17) is 10.00 Å². The smallest absolute Gasteiger partial charge is 0.269 e. The number of rotatable bonds is 6. The molecule has 144 valence electrons. The van der Waals surface area contributed by atoms with Gasteiger partial charge < -0.3 is 4.74 Å². The summed E-state index contributed by atoms with van der Waals surface area (Å²) in [6, 6.07) is 8.50. The van der Waals surface area contributed by atoms with E-state index in [-0.39, 0.29) is 22.3 Å². The first kappa shape index (κ1) is 19.6. The van der Waals surface area contributed by atoms with Gasteiger partial charge in [0.2, 0.25) is 5.88 Å². The van der Waals surface area contributed by atoms with Crippen LogP contribution in [0.15, 0.2) is 47.8 Å². The summed E-state index contributed by atoms with van der Waals surface area (Å²) >= 11 is 0. The first-order valence-electron chi connectivity index (χ1n) is 8.72. The van der Waals surface area contributed by atoms with Crippen LogP contribution < -0.4 is 4.74 Å². The molecule has 0 spiro atoms. The molecule has 0 unspecified atom stereocenters. The van der Waals surface area contributed by atoms with Gasteiger partial charge in [-0.2, -0.15) is 5.26 Å². The average Bonchev–Trinajstić information content (AvgIpc) is 3.05. The number of nitrogens with zero attached hydrogens (tertiary/aromatic N) is 4. The highest BCUT2D eigenvalue weighted by Gasteiger charge is 2.24. The molecule has 3 aromatic rings. The third-order valence-corrected chi connectivity index (χ3v) is 5.68. The van der Waals surface area contributed by atoms with Gasteiger partial charge in [0.05, 0.1) is 23.0 Å². The monoisotopic (exact) mass is 396 g/mol. The van der Waals surface area contributed by atoms with E-state index in [0.29, 0.717) is 17.6 Å². The minimum Gasteiger partial charge on any atom is -0.477 e. The fraction of sp³-hybridized carbons (Fsp3) is 0.250. The minimum atomic E-state index is -3.88. The molecule has 0 fully saturated rings. The second kappa shape index (κ2) is 7.82. The molecule has 0 N–H and O–H groups in total. The van der Waals surface area contributed by atoms with Crippen LogP contribution in [0.2, 0.25) is 0 Å². The lowest BCUT2D eigenvalue weighted by molar-refractivity contribution is 0.264. The number of benzene rings is 1. The summed E-state index contributed by atoms with van der Waals surface area (Å²) in [5.41, 5.74) is 1.65. The van der Waals surface area contributed by atoms with Crippen LogP contribution in [0.3, 0.4) is 0 Å². The molecular formula is C20H20N4O3S. The summed E-state index contributed by atoms with van der Waals surface area (Å²) in [7, 11) is -3.88. The van der Waals surface area contributed by atoms with Crippen molar-refractivity contribution in [2.75, 3.05) is 6.61 Å². The Morgan fingerprint density at radius 3 is 2.61 bits per heavy atom. The lowest BCUT2D eigenvalue weighted by Gasteiger charge is -2.10. The second-order valence-electron chi connectivity index (χ2n) is 6.74. The quantitative estimate of drug-likeness (QED) is 0.591. The second-order valence-corrected chi connectivity index (χ2v) is 8.56. The molecule has 0 aliphatic heterocycles. The molecule has 3 rings (SSSR count). The van der Waals surface area contributed by atoms with Crippen LogP contribution in [0.5, 0.6) is 5.88 Å². The maximum Gasteiger partial charge on any atom is 0.269 e. The summed E-state index contributed by atoms with van der Waals surface area (Å²) in [4.78, 5) is 8.50. The van der Waals surface area contributed by atoms with Gasteiger partial charge in [0.15, 0.2) is 5.65 Å². The number of allylic oxidation sites excluding steroid dienone is 1. The van der Waals surface area contributed by atoms with Crippen molar-refractivity contribution in [3.05, 3.63) is 54.0 Å². The third kappa shape index (κ3) is 3.75. The molecule has 0 saturated heterocycles. The number of ether oxygens (including phenoxy) is 1. The van der Waals surface area contributed by atoms with Gasteiger partial charge in [0.1, 0.15) is 6.33 Å². The first-order valence-corrected chi connectivity index (χ1v) is 10.2. The Morgan fingerprint density at radius 1 is 1.25 bits per heavy atom. The van der Waals surface area contributed by atoms with Crippen LogP contribution in [-0.4, -0.2) is 29.0 Å². The predicted octanol–water partition coefficient (Wildman–Crippen LogP) is 3.55. The van der Waals surface area contributed by atoms with E-state index in [9.17, 15) is 8.42 Å². The largest absolute Gasteiger partial charge is 0.477 e. The Balaban J connectivity index is 2.24. The van der Waals surface area contributed by atoms with Gasteiger partial charge in [-0.15, -0.1) is 0 Å². The maximum atomic E-state index is 13.2. The highest BCUT2D eigenvalue weighted by molar-refractivity contribution is 7.90. The van der Waals surface area contributed by atoms with Gasteiger partial charge in [0.25, 0.3) is 10.0 Å².